The van der Waals surface area contributed by atoms with Gasteiger partial charge in [0.05, 0.1) is 34.4 Å². The maximum atomic E-state index is 12.8. The molecule has 2 unspecified atom stereocenters. The first-order valence-corrected chi connectivity index (χ1v) is 31.2. The Labute approximate surface area is 451 Å². The quantitative estimate of drug-likeness (QED) is 0.0211. The molecule has 0 bridgehead atoms. The Kier molecular flexibility index (Phi) is 53.8. The fourth-order valence-electron chi connectivity index (χ4n) is 9.08. The van der Waals surface area contributed by atoms with Gasteiger partial charge in [-0.2, -0.15) is 0 Å². The number of hydrogen-bond acceptors (Lipinski definition) is 7. The van der Waals surface area contributed by atoms with Crippen LogP contribution in [0.1, 0.15) is 296 Å². The number of carbonyl (C=O) groups excluding carboxylic acids is 2. The highest BCUT2D eigenvalue weighted by Gasteiger charge is 2.25. The molecule has 0 aromatic carbocycles. The van der Waals surface area contributed by atoms with E-state index in [1.54, 1.807) is 0 Å². The molecule has 0 spiro atoms. The lowest BCUT2D eigenvalue weighted by atomic mass is 10.0. The third-order valence-corrected chi connectivity index (χ3v) is 13.9. The predicted octanol–water partition coefficient (Wildman–Crippen LogP) is 18.5. The molecule has 0 saturated heterocycles. The van der Waals surface area contributed by atoms with Gasteiger partial charge in [0, 0.05) is 12.8 Å². The number of aliphatic carboxylic acids is 1. The van der Waals surface area contributed by atoms with Crippen LogP contribution in [0.15, 0.2) is 36.5 Å². The average Bonchev–Trinajstić information content (AvgIpc) is 3.36. The SMILES string of the molecule is CCCCCCC/C=C\C/C=C\C/C=C\CCCCCCCCCCCCCCCCCCCCCCCCCCC(=O)OC(COC(=O)CCCCCCCCCCC)COC(OCC[N+](C)(C)C)C(=O)O. The largest absolute Gasteiger partial charge is 0.477 e. The molecule has 9 heteroatoms. The predicted molar refractivity (Wildman–Crippen MR) is 309 cm³/mol. The van der Waals surface area contributed by atoms with E-state index in [-0.39, 0.29) is 38.2 Å². The molecular weight excluding hydrogens is 911 g/mol. The Bertz CT molecular complexity index is 1290. The zero-order chi connectivity index (χ0) is 53.4. The summed E-state index contributed by atoms with van der Waals surface area (Å²) in [5, 5.41) is 9.67. The van der Waals surface area contributed by atoms with E-state index in [9.17, 15) is 19.5 Å². The number of likely N-dealkylation sites (N-methyl/N-ethyl adjacent to an activating group) is 1. The van der Waals surface area contributed by atoms with Crippen molar-refractivity contribution in [3.05, 3.63) is 36.5 Å². The van der Waals surface area contributed by atoms with Crippen molar-refractivity contribution in [2.24, 2.45) is 0 Å². The van der Waals surface area contributed by atoms with E-state index in [0.717, 1.165) is 51.4 Å². The monoisotopic (exact) mass is 1030 g/mol. The number of allylic oxidation sites excluding steroid dienone is 6. The van der Waals surface area contributed by atoms with E-state index in [1.165, 1.54) is 218 Å². The maximum absolute atomic E-state index is 12.8. The van der Waals surface area contributed by atoms with Gasteiger partial charge in [-0.25, -0.2) is 4.79 Å². The summed E-state index contributed by atoms with van der Waals surface area (Å²) in [6.07, 6.45) is 65.6. The molecule has 0 aliphatic carbocycles. The summed E-state index contributed by atoms with van der Waals surface area (Å²) >= 11 is 0. The molecule has 0 fully saturated rings. The number of quaternary nitrogens is 1. The van der Waals surface area contributed by atoms with Gasteiger partial charge in [0.1, 0.15) is 13.2 Å². The second-order valence-corrected chi connectivity index (χ2v) is 22.4. The molecule has 0 aliphatic heterocycles. The molecule has 0 saturated carbocycles. The molecular formula is C64H120NO8+. The number of ether oxygens (including phenoxy) is 4. The molecule has 0 aromatic rings. The van der Waals surface area contributed by atoms with Gasteiger partial charge in [-0.05, 0) is 51.4 Å². The van der Waals surface area contributed by atoms with Crippen LogP contribution >= 0.6 is 0 Å². The summed E-state index contributed by atoms with van der Waals surface area (Å²) in [5.41, 5.74) is 0. The minimum absolute atomic E-state index is 0.176. The van der Waals surface area contributed by atoms with Gasteiger partial charge in [-0.3, -0.25) is 9.59 Å². The minimum Gasteiger partial charge on any atom is -0.477 e. The molecule has 73 heavy (non-hydrogen) atoms. The van der Waals surface area contributed by atoms with Crippen molar-refractivity contribution < 1.29 is 42.9 Å². The first kappa shape index (κ1) is 70.5. The number of carboxylic acid groups (broad SMARTS) is 1. The number of carbonyl (C=O) groups is 3. The molecule has 0 amide bonds. The van der Waals surface area contributed by atoms with E-state index in [2.05, 4.69) is 50.3 Å². The van der Waals surface area contributed by atoms with Crippen LogP contribution in [0.2, 0.25) is 0 Å². The summed E-state index contributed by atoms with van der Waals surface area (Å²) in [7, 11) is 5.97. The molecule has 0 aromatic heterocycles. The standard InChI is InChI=1S/C64H119NO8/c1-6-8-10-12-14-16-17-18-19-20-21-22-23-24-25-26-27-28-29-30-31-32-33-34-35-36-37-38-39-40-41-42-43-44-45-47-49-51-53-55-62(67)73-60(59-72-64(63(68)69)70-57-56-65(3,4)5)58-71-61(66)54-52-50-48-46-15-13-11-9-7-2/h17-18,20-21,23-24,60,64H,6-16,19,22,25-59H2,1-5H3/p+1/b18-17-,21-20-,24-23-. The van der Waals surface area contributed by atoms with Gasteiger partial charge in [0.15, 0.2) is 6.10 Å². The molecule has 9 nitrogen and oxygen atoms in total. The van der Waals surface area contributed by atoms with Gasteiger partial charge in [-0.1, -0.05) is 269 Å². The Morgan fingerprint density at radius 2 is 0.740 bits per heavy atom. The van der Waals surface area contributed by atoms with Crippen LogP contribution < -0.4 is 0 Å². The molecule has 0 aliphatic rings. The number of rotatable bonds is 58. The number of esters is 2. The van der Waals surface area contributed by atoms with Crippen LogP contribution in [-0.2, 0) is 33.3 Å². The van der Waals surface area contributed by atoms with Crippen molar-refractivity contribution in [3.63, 3.8) is 0 Å². The van der Waals surface area contributed by atoms with E-state index in [0.29, 0.717) is 17.4 Å². The second kappa shape index (κ2) is 55.7. The Hall–Kier alpha value is -2.49. The Balaban J connectivity index is 3.87. The van der Waals surface area contributed by atoms with Crippen LogP contribution in [0.3, 0.4) is 0 Å². The zero-order valence-electron chi connectivity index (χ0n) is 48.8. The van der Waals surface area contributed by atoms with Gasteiger partial charge >= 0.3 is 17.9 Å². The van der Waals surface area contributed by atoms with Crippen molar-refractivity contribution in [1.29, 1.82) is 0 Å². The highest BCUT2D eigenvalue weighted by Crippen LogP contribution is 2.18. The van der Waals surface area contributed by atoms with E-state index < -0.39 is 18.4 Å². The summed E-state index contributed by atoms with van der Waals surface area (Å²) in [6.45, 7) is 4.87. The third-order valence-electron chi connectivity index (χ3n) is 13.9. The van der Waals surface area contributed by atoms with Crippen LogP contribution in [0.4, 0.5) is 0 Å². The number of hydrogen-bond donors (Lipinski definition) is 1. The summed E-state index contributed by atoms with van der Waals surface area (Å²) in [4.78, 5) is 37.2. The van der Waals surface area contributed by atoms with Crippen LogP contribution in [-0.4, -0.2) is 87.4 Å². The van der Waals surface area contributed by atoms with Gasteiger partial charge < -0.3 is 28.5 Å². The molecule has 0 rings (SSSR count). The summed E-state index contributed by atoms with van der Waals surface area (Å²) in [5.74, 6) is -1.99. The number of unbranched alkanes of at least 4 members (excludes halogenated alkanes) is 37. The van der Waals surface area contributed by atoms with Crippen molar-refractivity contribution >= 4 is 17.9 Å². The van der Waals surface area contributed by atoms with E-state index in [4.69, 9.17) is 18.9 Å². The van der Waals surface area contributed by atoms with Gasteiger partial charge in [0.25, 0.3) is 6.29 Å². The highest BCUT2D eigenvalue weighted by atomic mass is 16.7. The highest BCUT2D eigenvalue weighted by molar-refractivity contribution is 5.71. The van der Waals surface area contributed by atoms with Crippen molar-refractivity contribution in [3.8, 4) is 0 Å². The van der Waals surface area contributed by atoms with Gasteiger partial charge in [-0.15, -0.1) is 0 Å². The fourth-order valence-corrected chi connectivity index (χ4v) is 9.08. The molecule has 1 N–H and O–H groups in total. The van der Waals surface area contributed by atoms with Crippen molar-refractivity contribution in [1.82, 2.24) is 0 Å². The maximum Gasteiger partial charge on any atom is 0.361 e. The zero-order valence-corrected chi connectivity index (χ0v) is 48.8. The van der Waals surface area contributed by atoms with E-state index >= 15 is 0 Å². The second-order valence-electron chi connectivity index (χ2n) is 22.4. The molecule has 2 atom stereocenters. The molecule has 0 heterocycles. The smallest absolute Gasteiger partial charge is 0.361 e. The third kappa shape index (κ3) is 57.1. The summed E-state index contributed by atoms with van der Waals surface area (Å²) < 4.78 is 22.8. The van der Waals surface area contributed by atoms with Crippen LogP contribution in [0.5, 0.6) is 0 Å². The lowest BCUT2D eigenvalue weighted by molar-refractivity contribution is -0.870. The summed E-state index contributed by atoms with van der Waals surface area (Å²) in [6, 6.07) is 0. The number of carboxylic acids is 1. The first-order chi connectivity index (χ1) is 35.6. The van der Waals surface area contributed by atoms with Crippen LogP contribution in [0, 0.1) is 0 Å². The lowest BCUT2D eigenvalue weighted by Crippen LogP contribution is -2.40. The average molecular weight is 1030 g/mol. The Morgan fingerprint density at radius 3 is 1.10 bits per heavy atom. The fraction of sp³-hybridized carbons (Fsp3) is 0.859. The first-order valence-electron chi connectivity index (χ1n) is 31.2. The van der Waals surface area contributed by atoms with Crippen molar-refractivity contribution in [2.45, 2.75) is 309 Å². The van der Waals surface area contributed by atoms with E-state index in [1.807, 2.05) is 21.1 Å². The Morgan fingerprint density at radius 1 is 0.411 bits per heavy atom. The van der Waals surface area contributed by atoms with Crippen molar-refractivity contribution in [2.75, 3.05) is 47.5 Å². The van der Waals surface area contributed by atoms with Crippen LogP contribution in [0.25, 0.3) is 0 Å². The topological polar surface area (TPSA) is 108 Å². The molecule has 0 radical (unpaired) electrons. The molecule has 428 valence electrons. The normalized spacial score (nSPS) is 12.9. The van der Waals surface area contributed by atoms with Gasteiger partial charge in [0.2, 0.25) is 0 Å². The number of nitrogens with zero attached hydrogens (tertiary/aromatic N) is 1. The minimum atomic E-state index is -1.50. The lowest BCUT2D eigenvalue weighted by Gasteiger charge is -2.25.